The van der Waals surface area contributed by atoms with Crippen LogP contribution in [-0.2, 0) is 6.54 Å². The van der Waals surface area contributed by atoms with E-state index in [0.29, 0.717) is 11.5 Å². The lowest BCUT2D eigenvalue weighted by Crippen LogP contribution is -2.33. The molecule has 3 aromatic heterocycles. The summed E-state index contributed by atoms with van der Waals surface area (Å²) in [6, 6.07) is 7.26. The second-order valence-electron chi connectivity index (χ2n) is 8.72. The van der Waals surface area contributed by atoms with E-state index in [1.165, 1.54) is 19.3 Å². The van der Waals surface area contributed by atoms with Crippen LogP contribution in [-0.4, -0.2) is 56.0 Å². The third kappa shape index (κ3) is 4.85. The van der Waals surface area contributed by atoms with Gasteiger partial charge in [0.2, 0.25) is 5.95 Å². The lowest BCUT2D eigenvalue weighted by atomic mass is 9.93. The molecule has 0 unspecified atom stereocenters. The van der Waals surface area contributed by atoms with Crippen molar-refractivity contribution in [2.75, 3.05) is 31.1 Å². The van der Waals surface area contributed by atoms with E-state index in [1.54, 1.807) is 12.3 Å². The van der Waals surface area contributed by atoms with Crippen LogP contribution in [0.5, 0.6) is 0 Å². The normalized spacial score (nSPS) is 18.1. The minimum absolute atomic E-state index is 0.121. The molecule has 0 amide bonds. The van der Waals surface area contributed by atoms with Crippen LogP contribution >= 0.6 is 0 Å². The summed E-state index contributed by atoms with van der Waals surface area (Å²) < 4.78 is 0. The molecule has 2 fully saturated rings. The number of nitrogens with zero attached hydrogens (tertiary/aromatic N) is 6. The third-order valence-electron chi connectivity index (χ3n) is 6.41. The van der Waals surface area contributed by atoms with Crippen LogP contribution in [0.4, 0.5) is 5.95 Å². The molecular weight excluding hydrogens is 402 g/mol. The van der Waals surface area contributed by atoms with Crippen molar-refractivity contribution < 1.29 is 0 Å². The Morgan fingerprint density at radius 2 is 1.75 bits per heavy atom. The molecule has 0 aliphatic carbocycles. The van der Waals surface area contributed by atoms with Crippen LogP contribution in [0.15, 0.2) is 47.7 Å². The summed E-state index contributed by atoms with van der Waals surface area (Å²) in [5.74, 6) is 1.69. The van der Waals surface area contributed by atoms with E-state index in [0.717, 1.165) is 62.8 Å². The molecule has 8 heteroatoms. The van der Waals surface area contributed by atoms with Gasteiger partial charge in [0.05, 0.1) is 5.69 Å². The van der Waals surface area contributed by atoms with Crippen molar-refractivity contribution in [2.24, 2.45) is 0 Å². The first-order valence-electron chi connectivity index (χ1n) is 11.6. The average molecular weight is 432 g/mol. The van der Waals surface area contributed by atoms with Gasteiger partial charge in [-0.3, -0.25) is 14.7 Å². The maximum atomic E-state index is 12.2. The van der Waals surface area contributed by atoms with Gasteiger partial charge in [0, 0.05) is 55.8 Å². The molecule has 1 N–H and O–H groups in total. The van der Waals surface area contributed by atoms with Crippen molar-refractivity contribution in [1.29, 1.82) is 0 Å². The van der Waals surface area contributed by atoms with E-state index in [4.69, 9.17) is 4.98 Å². The SMILES string of the molecule is O=c1cc(C2CCN(Cc3cnc(N4CCCCC4)nc3)CC2)nc(-c2ccccn2)[nH]1. The quantitative estimate of drug-likeness (QED) is 0.664. The Hall–Kier alpha value is -3.13. The summed E-state index contributed by atoms with van der Waals surface area (Å²) in [7, 11) is 0. The van der Waals surface area contributed by atoms with Crippen LogP contribution in [0.3, 0.4) is 0 Å². The molecule has 0 saturated carbocycles. The molecule has 0 aromatic carbocycles. The Kier molecular flexibility index (Phi) is 6.20. The molecule has 5 rings (SSSR count). The van der Waals surface area contributed by atoms with E-state index in [9.17, 15) is 4.79 Å². The van der Waals surface area contributed by atoms with E-state index < -0.39 is 0 Å². The molecule has 2 aliphatic heterocycles. The minimum atomic E-state index is -0.121. The van der Waals surface area contributed by atoms with Gasteiger partial charge in [0.25, 0.3) is 5.56 Å². The first-order valence-corrected chi connectivity index (χ1v) is 11.6. The zero-order valence-electron chi connectivity index (χ0n) is 18.3. The predicted molar refractivity (Wildman–Crippen MR) is 123 cm³/mol. The number of hydrogen-bond acceptors (Lipinski definition) is 7. The molecule has 0 atom stereocenters. The Balaban J connectivity index is 1.19. The van der Waals surface area contributed by atoms with Crippen molar-refractivity contribution in [1.82, 2.24) is 29.8 Å². The van der Waals surface area contributed by atoms with Gasteiger partial charge in [0.15, 0.2) is 5.82 Å². The standard InChI is InChI=1S/C24H29N7O/c32-22-14-21(28-23(29-22)20-6-2-3-9-25-20)19-7-12-30(13-8-19)17-18-15-26-24(27-16-18)31-10-4-1-5-11-31/h2-3,6,9,14-16,19H,1,4-5,7-8,10-13,17H2,(H,28,29,32). The minimum Gasteiger partial charge on any atom is -0.341 e. The van der Waals surface area contributed by atoms with Gasteiger partial charge >= 0.3 is 0 Å². The molecule has 5 heterocycles. The highest BCUT2D eigenvalue weighted by Crippen LogP contribution is 2.27. The number of anilines is 1. The molecular formula is C24H29N7O. The van der Waals surface area contributed by atoms with Gasteiger partial charge in [-0.15, -0.1) is 0 Å². The monoisotopic (exact) mass is 431 g/mol. The summed E-state index contributed by atoms with van der Waals surface area (Å²) in [5, 5.41) is 0. The van der Waals surface area contributed by atoms with Gasteiger partial charge in [-0.25, -0.2) is 15.0 Å². The van der Waals surface area contributed by atoms with Gasteiger partial charge in [-0.05, 0) is 57.3 Å². The number of nitrogens with one attached hydrogen (secondary N) is 1. The largest absolute Gasteiger partial charge is 0.341 e. The Labute approximate surface area is 187 Å². The number of likely N-dealkylation sites (tertiary alicyclic amines) is 1. The highest BCUT2D eigenvalue weighted by atomic mass is 16.1. The van der Waals surface area contributed by atoms with E-state index in [2.05, 4.69) is 29.7 Å². The fraction of sp³-hybridized carbons (Fsp3) is 0.458. The molecule has 2 saturated heterocycles. The number of aromatic nitrogens is 5. The molecule has 166 valence electrons. The zero-order valence-corrected chi connectivity index (χ0v) is 18.3. The molecule has 0 bridgehead atoms. The number of H-pyrrole nitrogens is 1. The smallest absolute Gasteiger partial charge is 0.251 e. The van der Waals surface area contributed by atoms with Crippen molar-refractivity contribution in [3.05, 3.63) is 64.5 Å². The molecule has 2 aliphatic rings. The zero-order chi connectivity index (χ0) is 21.8. The summed E-state index contributed by atoms with van der Waals surface area (Å²) in [5.41, 5.74) is 2.58. The fourth-order valence-corrected chi connectivity index (χ4v) is 4.64. The number of rotatable bonds is 5. The Bertz CT molecular complexity index is 1070. The van der Waals surface area contributed by atoms with E-state index >= 15 is 0 Å². The van der Waals surface area contributed by atoms with Crippen LogP contribution in [0.2, 0.25) is 0 Å². The Morgan fingerprint density at radius 3 is 2.47 bits per heavy atom. The maximum absolute atomic E-state index is 12.2. The summed E-state index contributed by atoms with van der Waals surface area (Å²) >= 11 is 0. The Morgan fingerprint density at radius 1 is 0.969 bits per heavy atom. The first kappa shape index (κ1) is 20.8. The van der Waals surface area contributed by atoms with E-state index in [-0.39, 0.29) is 11.5 Å². The lowest BCUT2D eigenvalue weighted by Gasteiger charge is -2.31. The van der Waals surface area contributed by atoms with Crippen LogP contribution in [0.1, 0.15) is 49.3 Å². The van der Waals surface area contributed by atoms with Gasteiger partial charge < -0.3 is 9.88 Å². The highest BCUT2D eigenvalue weighted by Gasteiger charge is 2.23. The average Bonchev–Trinajstić information content (AvgIpc) is 2.86. The van der Waals surface area contributed by atoms with Crippen LogP contribution < -0.4 is 10.5 Å². The lowest BCUT2D eigenvalue weighted by molar-refractivity contribution is 0.203. The fourth-order valence-electron chi connectivity index (χ4n) is 4.64. The number of pyridine rings is 1. The van der Waals surface area contributed by atoms with Crippen molar-refractivity contribution in [2.45, 2.75) is 44.6 Å². The number of aromatic amines is 1. The topological polar surface area (TPSA) is 90.9 Å². The van der Waals surface area contributed by atoms with Gasteiger partial charge in [0.1, 0.15) is 5.69 Å². The molecule has 32 heavy (non-hydrogen) atoms. The maximum Gasteiger partial charge on any atom is 0.251 e. The van der Waals surface area contributed by atoms with Gasteiger partial charge in [-0.2, -0.15) is 0 Å². The number of hydrogen-bond donors (Lipinski definition) is 1. The molecule has 8 nitrogen and oxygen atoms in total. The van der Waals surface area contributed by atoms with Crippen molar-refractivity contribution in [3.8, 4) is 11.5 Å². The summed E-state index contributed by atoms with van der Waals surface area (Å²) in [6.45, 7) is 4.91. The number of piperidine rings is 2. The molecule has 3 aromatic rings. The van der Waals surface area contributed by atoms with E-state index in [1.807, 2.05) is 30.6 Å². The van der Waals surface area contributed by atoms with Crippen LogP contribution in [0.25, 0.3) is 11.5 Å². The molecule has 0 radical (unpaired) electrons. The van der Waals surface area contributed by atoms with Crippen molar-refractivity contribution in [3.63, 3.8) is 0 Å². The summed E-state index contributed by atoms with van der Waals surface area (Å²) in [6.07, 6.45) is 11.4. The first-order chi connectivity index (χ1) is 15.7. The summed E-state index contributed by atoms with van der Waals surface area (Å²) in [4.78, 5) is 38.0. The predicted octanol–water partition coefficient (Wildman–Crippen LogP) is 2.99. The van der Waals surface area contributed by atoms with Gasteiger partial charge in [-0.1, -0.05) is 6.07 Å². The van der Waals surface area contributed by atoms with Crippen molar-refractivity contribution >= 4 is 5.95 Å². The second-order valence-corrected chi connectivity index (χ2v) is 8.72. The second kappa shape index (κ2) is 9.56. The highest BCUT2D eigenvalue weighted by molar-refractivity contribution is 5.48. The third-order valence-corrected chi connectivity index (χ3v) is 6.41. The molecule has 0 spiro atoms. The van der Waals surface area contributed by atoms with Crippen LogP contribution in [0, 0.1) is 0 Å².